The van der Waals surface area contributed by atoms with Crippen molar-refractivity contribution in [2.75, 3.05) is 11.9 Å². The topological polar surface area (TPSA) is 60.3 Å². The number of pyridine rings is 1. The maximum Gasteiger partial charge on any atom is 0.343 e. The van der Waals surface area contributed by atoms with Crippen molar-refractivity contribution in [1.29, 1.82) is 0 Å². The Morgan fingerprint density at radius 1 is 1.09 bits per heavy atom. The van der Waals surface area contributed by atoms with Gasteiger partial charge in [0.25, 0.3) is 0 Å². The maximum absolute atomic E-state index is 13.1. The van der Waals surface area contributed by atoms with E-state index in [0.717, 1.165) is 22.5 Å². The molecule has 0 fully saturated rings. The van der Waals surface area contributed by atoms with Crippen molar-refractivity contribution in [3.05, 3.63) is 105 Å². The normalized spacial score (nSPS) is 13.3. The monoisotopic (exact) mass is 446 g/mol. The van der Waals surface area contributed by atoms with Crippen molar-refractivity contribution in [3.8, 4) is 0 Å². The molecule has 4 rings (SSSR count). The number of benzene rings is 2. The Morgan fingerprint density at radius 2 is 1.91 bits per heavy atom. The molecule has 0 radical (unpaired) electrons. The van der Waals surface area contributed by atoms with Crippen LogP contribution >= 0.6 is 11.6 Å². The molecular weight excluding hydrogens is 424 g/mol. The quantitative estimate of drug-likeness (QED) is 0.476. The number of rotatable bonds is 6. The third-order valence-corrected chi connectivity index (χ3v) is 5.42. The number of anilines is 2. The van der Waals surface area contributed by atoms with Gasteiger partial charge in [0.1, 0.15) is 5.56 Å². The molecule has 5 nitrogen and oxygen atoms in total. The van der Waals surface area contributed by atoms with Crippen LogP contribution in [0.25, 0.3) is 10.9 Å². The summed E-state index contributed by atoms with van der Waals surface area (Å²) in [7, 11) is 0. The number of para-hydroxylation sites is 1. The van der Waals surface area contributed by atoms with Crippen LogP contribution in [0.3, 0.4) is 0 Å². The Hall–Kier alpha value is -3.57. The molecule has 0 saturated heterocycles. The predicted octanol–water partition coefficient (Wildman–Crippen LogP) is 5.93. The van der Waals surface area contributed by atoms with Crippen LogP contribution in [0.1, 0.15) is 23.7 Å². The lowest BCUT2D eigenvalue weighted by atomic mass is 10.1. The second-order valence-electron chi connectivity index (χ2n) is 7.38. The second-order valence-corrected chi connectivity index (χ2v) is 7.82. The first-order valence-corrected chi connectivity index (χ1v) is 10.8. The molecule has 0 spiro atoms. The minimum Gasteiger partial charge on any atom is -0.462 e. The van der Waals surface area contributed by atoms with Gasteiger partial charge in [-0.25, -0.2) is 4.79 Å². The lowest BCUT2D eigenvalue weighted by molar-refractivity contribution is 0.0524. The Balaban J connectivity index is 1.81. The van der Waals surface area contributed by atoms with Gasteiger partial charge in [0.15, 0.2) is 0 Å². The van der Waals surface area contributed by atoms with Crippen LogP contribution in [0, 0.1) is 0 Å². The van der Waals surface area contributed by atoms with Crippen LogP contribution in [0.4, 0.5) is 11.4 Å². The van der Waals surface area contributed by atoms with Crippen LogP contribution in [0.15, 0.2) is 94.4 Å². The zero-order valence-electron chi connectivity index (χ0n) is 17.7. The van der Waals surface area contributed by atoms with Crippen LogP contribution in [0.5, 0.6) is 0 Å². The molecule has 0 atom stereocenters. The largest absolute Gasteiger partial charge is 0.462 e. The number of hydrogen-bond acceptors (Lipinski definition) is 4. The molecule has 3 aromatic rings. The number of aromatic nitrogens is 1. The lowest BCUT2D eigenvalue weighted by Gasteiger charge is -2.15. The van der Waals surface area contributed by atoms with Gasteiger partial charge in [-0.1, -0.05) is 48.0 Å². The molecule has 2 aromatic carbocycles. The highest BCUT2D eigenvalue weighted by Gasteiger charge is 2.17. The van der Waals surface area contributed by atoms with Crippen molar-refractivity contribution in [2.24, 2.45) is 0 Å². The third kappa shape index (κ3) is 4.84. The number of nitrogens with one attached hydrogen (secondary N) is 1. The van der Waals surface area contributed by atoms with E-state index in [0.29, 0.717) is 23.4 Å². The molecule has 6 heteroatoms. The Bertz CT molecular complexity index is 1300. The van der Waals surface area contributed by atoms with E-state index in [-0.39, 0.29) is 17.6 Å². The molecule has 0 amide bonds. The van der Waals surface area contributed by atoms with E-state index in [9.17, 15) is 9.59 Å². The average Bonchev–Trinajstić information content (AvgIpc) is 3.00. The summed E-state index contributed by atoms with van der Waals surface area (Å²) < 4.78 is 7.03. The molecule has 1 aliphatic carbocycles. The highest BCUT2D eigenvalue weighted by Crippen LogP contribution is 2.23. The Labute approximate surface area is 191 Å². The summed E-state index contributed by atoms with van der Waals surface area (Å²) in [6.07, 6.45) is 10.1. The van der Waals surface area contributed by atoms with Crippen molar-refractivity contribution in [2.45, 2.75) is 19.9 Å². The number of allylic oxidation sites excluding steroid dienone is 6. The van der Waals surface area contributed by atoms with E-state index >= 15 is 0 Å². The van der Waals surface area contributed by atoms with E-state index in [1.165, 1.54) is 0 Å². The number of ether oxygens (including phenoxy) is 1. The third-order valence-electron chi connectivity index (χ3n) is 5.14. The Kier molecular flexibility index (Phi) is 6.57. The molecule has 1 heterocycles. The highest BCUT2D eigenvalue weighted by molar-refractivity contribution is 6.31. The standard InChI is InChI=1S/C26H23ClN2O3/c1-2-32-26(31)23-17-29(16-18-7-6-8-19(27)12-11-18)24-15-21(13-14-22(24)25(23)30)28-20-9-4-3-5-10-20/h3-5,7-15,17,28H,2,6,16H2,1H3. The Morgan fingerprint density at radius 3 is 2.69 bits per heavy atom. The van der Waals surface area contributed by atoms with Gasteiger partial charge in [-0.3, -0.25) is 4.79 Å². The zero-order chi connectivity index (χ0) is 22.5. The highest BCUT2D eigenvalue weighted by atomic mass is 35.5. The van der Waals surface area contributed by atoms with Gasteiger partial charge in [0.2, 0.25) is 5.43 Å². The maximum atomic E-state index is 13.1. The van der Waals surface area contributed by atoms with E-state index in [1.807, 2.05) is 65.3 Å². The van der Waals surface area contributed by atoms with Crippen LogP contribution in [-0.2, 0) is 11.3 Å². The molecular formula is C26H23ClN2O3. The van der Waals surface area contributed by atoms with Gasteiger partial charge >= 0.3 is 5.97 Å². The van der Waals surface area contributed by atoms with Gasteiger partial charge in [-0.05, 0) is 55.3 Å². The first-order chi connectivity index (χ1) is 15.5. The van der Waals surface area contributed by atoms with Crippen molar-refractivity contribution >= 4 is 39.8 Å². The molecule has 1 aromatic heterocycles. The number of fused-ring (bicyclic) bond motifs is 1. The van der Waals surface area contributed by atoms with Crippen molar-refractivity contribution < 1.29 is 9.53 Å². The first-order valence-electron chi connectivity index (χ1n) is 10.4. The molecule has 0 unspecified atom stereocenters. The van der Waals surface area contributed by atoms with Gasteiger partial charge in [0, 0.05) is 34.5 Å². The van der Waals surface area contributed by atoms with E-state index in [1.54, 1.807) is 19.2 Å². The van der Waals surface area contributed by atoms with Crippen molar-refractivity contribution in [3.63, 3.8) is 0 Å². The predicted molar refractivity (Wildman–Crippen MR) is 130 cm³/mol. The first kappa shape index (κ1) is 21.7. The van der Waals surface area contributed by atoms with Gasteiger partial charge in [-0.2, -0.15) is 0 Å². The summed E-state index contributed by atoms with van der Waals surface area (Å²) >= 11 is 6.13. The van der Waals surface area contributed by atoms with Gasteiger partial charge in [-0.15, -0.1) is 0 Å². The number of carbonyl (C=O) groups is 1. The smallest absolute Gasteiger partial charge is 0.343 e. The summed E-state index contributed by atoms with van der Waals surface area (Å²) in [5, 5.41) is 4.50. The summed E-state index contributed by atoms with van der Waals surface area (Å²) in [6, 6.07) is 15.3. The van der Waals surface area contributed by atoms with Crippen molar-refractivity contribution in [1.82, 2.24) is 4.57 Å². The second kappa shape index (κ2) is 9.71. The van der Waals surface area contributed by atoms with E-state index in [4.69, 9.17) is 16.3 Å². The molecule has 1 aliphatic rings. The fraction of sp³-hybridized carbons (Fsp3) is 0.154. The molecule has 162 valence electrons. The lowest BCUT2D eigenvalue weighted by Crippen LogP contribution is -2.21. The fourth-order valence-electron chi connectivity index (χ4n) is 3.60. The number of halogens is 1. The number of hydrogen-bond donors (Lipinski definition) is 1. The summed E-state index contributed by atoms with van der Waals surface area (Å²) in [5.41, 5.74) is 3.23. The SMILES string of the molecule is CCOC(=O)c1cn(CC2=CCC=C(Cl)C=C2)c2cc(Nc3ccccc3)ccc2c1=O. The molecule has 0 bridgehead atoms. The fourth-order valence-corrected chi connectivity index (χ4v) is 3.75. The molecule has 1 N–H and O–H groups in total. The van der Waals surface area contributed by atoms with Crippen LogP contribution < -0.4 is 10.7 Å². The van der Waals surface area contributed by atoms with E-state index in [2.05, 4.69) is 11.4 Å². The zero-order valence-corrected chi connectivity index (χ0v) is 18.4. The molecule has 0 saturated carbocycles. The molecule has 32 heavy (non-hydrogen) atoms. The number of esters is 1. The molecule has 0 aliphatic heterocycles. The van der Waals surface area contributed by atoms with Crippen LogP contribution in [-0.4, -0.2) is 17.1 Å². The van der Waals surface area contributed by atoms with Gasteiger partial charge in [0.05, 0.1) is 12.1 Å². The van der Waals surface area contributed by atoms with E-state index < -0.39 is 5.97 Å². The average molecular weight is 447 g/mol. The summed E-state index contributed by atoms with van der Waals surface area (Å²) in [4.78, 5) is 25.5. The minimum atomic E-state index is -0.616. The van der Waals surface area contributed by atoms with Crippen LogP contribution in [0.2, 0.25) is 0 Å². The minimum absolute atomic E-state index is 0.0254. The van der Waals surface area contributed by atoms with Gasteiger partial charge < -0.3 is 14.6 Å². The number of nitrogens with zero attached hydrogens (tertiary/aromatic N) is 1. The summed E-state index contributed by atoms with van der Waals surface area (Å²) in [5.74, 6) is -0.616. The summed E-state index contributed by atoms with van der Waals surface area (Å²) in [6.45, 7) is 2.40. The number of carbonyl (C=O) groups excluding carboxylic acids is 1.